The van der Waals surface area contributed by atoms with Crippen LogP contribution in [0.4, 0.5) is 48.0 Å². The standard InChI is InChI=1S/C16H13F3N3S.C15H10F3N3S.CH3I.HI/c1-22-7-3-4-11(9-22)14-10-23-15(21-14)20-13-6-2-5-12(8-13)16(17,18)19;16-15(17,18)11-4-1-5-12(7-11)20-14-21-13(9-22-14)10-3-2-6-19-8-10;1-2;/h2-10H,1H3,(H,20,21);1-9H,(H,20,21);1H3;1H/q+1;;;/p-1. The molecule has 0 aliphatic carbocycles. The van der Waals surface area contributed by atoms with E-state index in [1.807, 2.05) is 57.9 Å². The number of hydrogen-bond donors (Lipinski definition) is 2. The SMILES string of the molecule is CI.C[n+]1cccc(-c2csc(Nc3cccc(C(F)(F)F)c3)n2)c1.FC(F)(F)c1cccc(Nc2nc(-c3cccnc3)cs2)c1.[I-]. The molecule has 2 aromatic carbocycles. The van der Waals surface area contributed by atoms with Gasteiger partial charge < -0.3 is 34.6 Å². The summed E-state index contributed by atoms with van der Waals surface area (Å²) in [5.41, 5.74) is 2.64. The molecule has 0 fully saturated rings. The van der Waals surface area contributed by atoms with E-state index in [0.717, 1.165) is 46.8 Å². The van der Waals surface area contributed by atoms with Crippen LogP contribution in [0.2, 0.25) is 0 Å². The average molecular weight is 927 g/mol. The Hall–Kier alpha value is -3.36. The van der Waals surface area contributed by atoms with Gasteiger partial charge in [0.15, 0.2) is 22.7 Å². The molecule has 0 aliphatic rings. The second-order valence-corrected chi connectivity index (χ2v) is 11.2. The van der Waals surface area contributed by atoms with E-state index in [-0.39, 0.29) is 24.0 Å². The van der Waals surface area contributed by atoms with E-state index in [4.69, 9.17) is 0 Å². The number of nitrogens with one attached hydrogen (secondary N) is 2. The van der Waals surface area contributed by atoms with Gasteiger partial charge in [-0.3, -0.25) is 4.98 Å². The third kappa shape index (κ3) is 11.4. The summed E-state index contributed by atoms with van der Waals surface area (Å²) in [6.07, 6.45) is -1.52. The number of pyridine rings is 2. The maximum Gasteiger partial charge on any atom is 0.416 e. The van der Waals surface area contributed by atoms with Crippen molar-refractivity contribution in [1.82, 2.24) is 15.0 Å². The summed E-state index contributed by atoms with van der Waals surface area (Å²) >= 11 is 4.82. The number of benzene rings is 2. The van der Waals surface area contributed by atoms with Crippen LogP contribution in [0.5, 0.6) is 0 Å². The first-order valence-electron chi connectivity index (χ1n) is 13.5. The van der Waals surface area contributed by atoms with Crippen LogP contribution in [0.15, 0.2) is 108 Å². The fourth-order valence-corrected chi connectivity index (χ4v) is 5.45. The van der Waals surface area contributed by atoms with Crippen molar-refractivity contribution in [3.8, 4) is 22.5 Å². The molecule has 0 amide bonds. The Morgan fingerprint density at radius 2 is 1.19 bits per heavy atom. The molecular formula is C32H26F6I2N6S2. The molecule has 0 aliphatic heterocycles. The Kier molecular flexibility index (Phi) is 14.5. The highest BCUT2D eigenvalue weighted by Crippen LogP contribution is 2.34. The molecule has 0 radical (unpaired) electrons. The maximum atomic E-state index is 12.7. The monoisotopic (exact) mass is 926 g/mol. The number of hydrogen-bond acceptors (Lipinski definition) is 7. The van der Waals surface area contributed by atoms with E-state index in [9.17, 15) is 26.3 Å². The minimum absolute atomic E-state index is 0. The van der Waals surface area contributed by atoms with Crippen LogP contribution in [0.25, 0.3) is 22.5 Å². The normalized spacial score (nSPS) is 10.9. The molecule has 6 aromatic rings. The summed E-state index contributed by atoms with van der Waals surface area (Å²) in [4.78, 5) is 14.8. The van der Waals surface area contributed by atoms with Crippen molar-refractivity contribution in [3.63, 3.8) is 0 Å². The smallest absolute Gasteiger partial charge is 0.416 e. The summed E-state index contributed by atoms with van der Waals surface area (Å²) < 4.78 is 78.1. The summed E-state index contributed by atoms with van der Waals surface area (Å²) in [6.45, 7) is 0. The Morgan fingerprint density at radius 1 is 0.688 bits per heavy atom. The highest BCUT2D eigenvalue weighted by Gasteiger charge is 2.31. The van der Waals surface area contributed by atoms with Gasteiger partial charge in [-0.05, 0) is 59.5 Å². The lowest BCUT2D eigenvalue weighted by Crippen LogP contribution is -3.00. The summed E-state index contributed by atoms with van der Waals surface area (Å²) in [6, 6.07) is 17.6. The van der Waals surface area contributed by atoms with E-state index < -0.39 is 23.5 Å². The number of rotatable bonds is 6. The van der Waals surface area contributed by atoms with Crippen LogP contribution in [0, 0.1) is 0 Å². The molecule has 0 atom stereocenters. The largest absolute Gasteiger partial charge is 1.00 e. The van der Waals surface area contributed by atoms with Crippen molar-refractivity contribution in [3.05, 3.63) is 119 Å². The van der Waals surface area contributed by atoms with Crippen molar-refractivity contribution in [1.29, 1.82) is 0 Å². The van der Waals surface area contributed by atoms with Gasteiger partial charge in [-0.1, -0.05) is 34.7 Å². The lowest BCUT2D eigenvalue weighted by molar-refractivity contribution is -0.671. The first-order chi connectivity index (χ1) is 22.4. The highest BCUT2D eigenvalue weighted by molar-refractivity contribution is 14.1. The van der Waals surface area contributed by atoms with Crippen LogP contribution in [-0.2, 0) is 19.4 Å². The van der Waals surface area contributed by atoms with Gasteiger partial charge in [0.1, 0.15) is 7.05 Å². The number of nitrogens with zero attached hydrogens (tertiary/aromatic N) is 4. The molecule has 0 unspecified atom stereocenters. The maximum absolute atomic E-state index is 12.7. The van der Waals surface area contributed by atoms with Gasteiger partial charge in [0, 0.05) is 46.2 Å². The van der Waals surface area contributed by atoms with Crippen molar-refractivity contribution in [2.75, 3.05) is 15.6 Å². The van der Waals surface area contributed by atoms with Gasteiger partial charge in [0.05, 0.1) is 28.1 Å². The van der Waals surface area contributed by atoms with Gasteiger partial charge in [0.2, 0.25) is 0 Å². The van der Waals surface area contributed by atoms with E-state index in [2.05, 4.69) is 48.2 Å². The molecule has 0 saturated carbocycles. The molecular weight excluding hydrogens is 900 g/mol. The Bertz CT molecular complexity index is 1880. The lowest BCUT2D eigenvalue weighted by Gasteiger charge is -2.08. The zero-order valence-corrected chi connectivity index (χ0v) is 31.0. The third-order valence-electron chi connectivity index (χ3n) is 6.08. The molecule has 48 heavy (non-hydrogen) atoms. The van der Waals surface area contributed by atoms with Crippen molar-refractivity contribution >= 4 is 66.9 Å². The second kappa shape index (κ2) is 17.9. The third-order valence-corrected chi connectivity index (χ3v) is 7.60. The topological polar surface area (TPSA) is 66.6 Å². The van der Waals surface area contributed by atoms with E-state index in [1.54, 1.807) is 30.6 Å². The Labute approximate surface area is 311 Å². The Balaban J connectivity index is 0.000000243. The molecule has 4 aromatic heterocycles. The molecule has 6 rings (SSSR count). The minimum atomic E-state index is -4.36. The van der Waals surface area contributed by atoms with Gasteiger partial charge >= 0.3 is 12.4 Å². The minimum Gasteiger partial charge on any atom is -1.00 e. The molecule has 2 N–H and O–H groups in total. The molecule has 0 bridgehead atoms. The summed E-state index contributed by atoms with van der Waals surface area (Å²) in [5, 5.41) is 10.6. The van der Waals surface area contributed by atoms with Gasteiger partial charge in [-0.15, -0.1) is 22.7 Å². The quantitative estimate of drug-likeness (QED) is 0.0789. The number of anilines is 4. The average Bonchev–Trinajstić information content (AvgIpc) is 3.72. The number of thiazole rings is 2. The van der Waals surface area contributed by atoms with Gasteiger partial charge in [0.25, 0.3) is 0 Å². The first-order valence-corrected chi connectivity index (χ1v) is 17.4. The molecule has 16 heteroatoms. The van der Waals surface area contributed by atoms with E-state index in [0.29, 0.717) is 21.6 Å². The zero-order valence-electron chi connectivity index (χ0n) is 25.0. The number of halogens is 8. The molecule has 252 valence electrons. The fraction of sp³-hybridized carbons (Fsp3) is 0.125. The second-order valence-electron chi connectivity index (χ2n) is 9.48. The van der Waals surface area contributed by atoms with Crippen LogP contribution < -0.4 is 39.2 Å². The van der Waals surface area contributed by atoms with E-state index in [1.165, 1.54) is 34.8 Å². The lowest BCUT2D eigenvalue weighted by atomic mass is 10.2. The van der Waals surface area contributed by atoms with Gasteiger partial charge in [-0.25, -0.2) is 14.5 Å². The molecule has 0 spiro atoms. The molecule has 4 heterocycles. The summed E-state index contributed by atoms with van der Waals surface area (Å²) in [7, 11) is 1.91. The van der Waals surface area contributed by atoms with Crippen molar-refractivity contribution < 1.29 is 54.9 Å². The molecule has 6 nitrogen and oxygen atoms in total. The van der Waals surface area contributed by atoms with Crippen LogP contribution in [0.3, 0.4) is 0 Å². The van der Waals surface area contributed by atoms with Gasteiger partial charge in [-0.2, -0.15) is 26.3 Å². The van der Waals surface area contributed by atoms with Crippen molar-refractivity contribution in [2.45, 2.75) is 12.4 Å². The van der Waals surface area contributed by atoms with Crippen LogP contribution >= 0.6 is 45.3 Å². The first kappa shape index (κ1) is 39.1. The molecule has 0 saturated heterocycles. The predicted molar refractivity (Wildman–Crippen MR) is 183 cm³/mol. The number of aromatic nitrogens is 4. The highest BCUT2D eigenvalue weighted by atomic mass is 127. The van der Waals surface area contributed by atoms with Crippen LogP contribution in [0.1, 0.15) is 11.1 Å². The fourth-order valence-electron chi connectivity index (χ4n) is 3.97. The number of alkyl halides is 7. The van der Waals surface area contributed by atoms with Crippen molar-refractivity contribution in [2.24, 2.45) is 7.05 Å². The van der Waals surface area contributed by atoms with E-state index >= 15 is 0 Å². The number of aryl methyl sites for hydroxylation is 1. The Morgan fingerprint density at radius 3 is 1.65 bits per heavy atom. The van der Waals surface area contributed by atoms with Crippen LogP contribution in [-0.4, -0.2) is 19.9 Å². The zero-order chi connectivity index (χ0) is 34.0. The summed E-state index contributed by atoms with van der Waals surface area (Å²) in [5.74, 6) is 0. The predicted octanol–water partition coefficient (Wildman–Crippen LogP) is 7.42.